The van der Waals surface area contributed by atoms with Crippen LogP contribution in [0.3, 0.4) is 0 Å². The van der Waals surface area contributed by atoms with Crippen molar-refractivity contribution in [3.8, 4) is 0 Å². The Balaban J connectivity index is 1.67. The molecule has 17 heavy (non-hydrogen) atoms. The lowest BCUT2D eigenvalue weighted by atomic mass is 9.94. The molecule has 4 heteroatoms. The van der Waals surface area contributed by atoms with Gasteiger partial charge in [-0.3, -0.25) is 9.59 Å². The molecule has 1 saturated carbocycles. The molecule has 1 aliphatic carbocycles. The number of rotatable bonds is 5. The van der Waals surface area contributed by atoms with E-state index in [0.29, 0.717) is 24.7 Å². The van der Waals surface area contributed by atoms with E-state index in [1.54, 1.807) is 0 Å². The number of nitrogens with one attached hydrogen (secondary N) is 1. The SMILES string of the molecule is CCC1CN(CCC(=O)NC2CC2)CCC1=O. The lowest BCUT2D eigenvalue weighted by Crippen LogP contribution is -2.42. The Labute approximate surface area is 103 Å². The molecule has 0 aromatic heterocycles. The van der Waals surface area contributed by atoms with Crippen LogP contribution in [0.2, 0.25) is 0 Å². The van der Waals surface area contributed by atoms with Crippen LogP contribution in [-0.2, 0) is 9.59 Å². The lowest BCUT2D eigenvalue weighted by molar-refractivity contribution is -0.126. The predicted octanol–water partition coefficient (Wildman–Crippen LogP) is 0.956. The average molecular weight is 238 g/mol. The normalized spacial score (nSPS) is 25.9. The van der Waals surface area contributed by atoms with Crippen LogP contribution < -0.4 is 5.32 Å². The highest BCUT2D eigenvalue weighted by Crippen LogP contribution is 2.19. The number of likely N-dealkylation sites (tertiary alicyclic amines) is 1. The van der Waals surface area contributed by atoms with Crippen LogP contribution in [0.4, 0.5) is 0 Å². The highest BCUT2D eigenvalue weighted by molar-refractivity contribution is 5.82. The van der Waals surface area contributed by atoms with Crippen molar-refractivity contribution in [2.24, 2.45) is 5.92 Å². The molecular formula is C13H22N2O2. The predicted molar refractivity (Wildman–Crippen MR) is 65.6 cm³/mol. The zero-order valence-corrected chi connectivity index (χ0v) is 10.6. The molecule has 1 saturated heterocycles. The standard InChI is InChI=1S/C13H22N2O2/c1-2-10-9-15(7-5-12(10)16)8-6-13(17)14-11-3-4-11/h10-11H,2-9H2,1H3,(H,14,17). The van der Waals surface area contributed by atoms with E-state index < -0.39 is 0 Å². The highest BCUT2D eigenvalue weighted by atomic mass is 16.1. The zero-order chi connectivity index (χ0) is 12.3. The third-order valence-corrected chi connectivity index (χ3v) is 3.70. The summed E-state index contributed by atoms with van der Waals surface area (Å²) < 4.78 is 0. The monoisotopic (exact) mass is 238 g/mol. The van der Waals surface area contributed by atoms with Gasteiger partial charge >= 0.3 is 0 Å². The van der Waals surface area contributed by atoms with Gasteiger partial charge in [0.15, 0.2) is 0 Å². The first kappa shape index (κ1) is 12.6. The highest BCUT2D eigenvalue weighted by Gasteiger charge is 2.26. The van der Waals surface area contributed by atoms with E-state index in [0.717, 1.165) is 38.9 Å². The second kappa shape index (κ2) is 5.63. The van der Waals surface area contributed by atoms with Gasteiger partial charge in [-0.15, -0.1) is 0 Å². The summed E-state index contributed by atoms with van der Waals surface area (Å²) in [5.41, 5.74) is 0. The fraction of sp³-hybridized carbons (Fsp3) is 0.846. The molecule has 0 aromatic rings. The van der Waals surface area contributed by atoms with Crippen molar-refractivity contribution in [3.63, 3.8) is 0 Å². The van der Waals surface area contributed by atoms with Crippen LogP contribution in [0.15, 0.2) is 0 Å². The molecule has 1 atom stereocenters. The molecule has 2 fully saturated rings. The van der Waals surface area contributed by atoms with E-state index in [1.165, 1.54) is 0 Å². The van der Waals surface area contributed by atoms with Crippen LogP contribution >= 0.6 is 0 Å². The fourth-order valence-electron chi connectivity index (χ4n) is 2.32. The van der Waals surface area contributed by atoms with Crippen molar-refractivity contribution in [2.45, 2.75) is 45.1 Å². The summed E-state index contributed by atoms with van der Waals surface area (Å²) in [6, 6.07) is 0.453. The van der Waals surface area contributed by atoms with Gasteiger partial charge in [-0.1, -0.05) is 6.92 Å². The Kier molecular flexibility index (Phi) is 4.15. The van der Waals surface area contributed by atoms with Crippen molar-refractivity contribution in [1.29, 1.82) is 0 Å². The van der Waals surface area contributed by atoms with Gasteiger partial charge in [0.1, 0.15) is 5.78 Å². The van der Waals surface area contributed by atoms with E-state index >= 15 is 0 Å². The van der Waals surface area contributed by atoms with Crippen LogP contribution in [0, 0.1) is 5.92 Å². The molecular weight excluding hydrogens is 216 g/mol. The molecule has 2 rings (SSSR count). The maximum atomic E-state index is 11.6. The Morgan fingerprint density at radius 2 is 2.24 bits per heavy atom. The van der Waals surface area contributed by atoms with Gasteiger partial charge in [0.25, 0.3) is 0 Å². The van der Waals surface area contributed by atoms with Gasteiger partial charge in [0, 0.05) is 44.4 Å². The summed E-state index contributed by atoms with van der Waals surface area (Å²) in [5, 5.41) is 2.99. The summed E-state index contributed by atoms with van der Waals surface area (Å²) >= 11 is 0. The molecule has 2 aliphatic rings. The number of hydrogen-bond acceptors (Lipinski definition) is 3. The maximum Gasteiger partial charge on any atom is 0.221 e. The van der Waals surface area contributed by atoms with Crippen molar-refractivity contribution in [3.05, 3.63) is 0 Å². The van der Waals surface area contributed by atoms with Crippen LogP contribution in [0.1, 0.15) is 39.0 Å². The first-order chi connectivity index (χ1) is 8.19. The summed E-state index contributed by atoms with van der Waals surface area (Å²) in [6.45, 7) is 4.52. The third-order valence-electron chi connectivity index (χ3n) is 3.70. The Morgan fingerprint density at radius 3 is 2.88 bits per heavy atom. The largest absolute Gasteiger partial charge is 0.353 e. The van der Waals surface area contributed by atoms with Gasteiger partial charge in [-0.25, -0.2) is 0 Å². The van der Waals surface area contributed by atoms with E-state index in [1.807, 2.05) is 0 Å². The molecule has 1 aliphatic heterocycles. The summed E-state index contributed by atoms with van der Waals surface area (Å²) in [4.78, 5) is 25.4. The minimum Gasteiger partial charge on any atom is -0.353 e. The second-order valence-corrected chi connectivity index (χ2v) is 5.21. The molecule has 0 aromatic carbocycles. The Morgan fingerprint density at radius 1 is 1.47 bits per heavy atom. The number of carbonyl (C=O) groups is 2. The van der Waals surface area contributed by atoms with E-state index in [-0.39, 0.29) is 11.8 Å². The third kappa shape index (κ3) is 3.80. The van der Waals surface area contributed by atoms with Crippen molar-refractivity contribution >= 4 is 11.7 Å². The summed E-state index contributed by atoms with van der Waals surface area (Å²) in [6.07, 6.45) is 4.43. The molecule has 1 amide bonds. The topological polar surface area (TPSA) is 49.4 Å². The molecule has 0 radical (unpaired) electrons. The van der Waals surface area contributed by atoms with Crippen molar-refractivity contribution < 1.29 is 9.59 Å². The van der Waals surface area contributed by atoms with Gasteiger partial charge in [0.2, 0.25) is 5.91 Å². The Hall–Kier alpha value is -0.900. The number of piperidine rings is 1. The number of carbonyl (C=O) groups excluding carboxylic acids is 2. The molecule has 1 unspecified atom stereocenters. The van der Waals surface area contributed by atoms with E-state index in [4.69, 9.17) is 0 Å². The fourth-order valence-corrected chi connectivity index (χ4v) is 2.32. The quantitative estimate of drug-likeness (QED) is 0.776. The number of hydrogen-bond donors (Lipinski definition) is 1. The van der Waals surface area contributed by atoms with Crippen molar-refractivity contribution in [2.75, 3.05) is 19.6 Å². The van der Waals surface area contributed by atoms with Gasteiger partial charge in [-0.2, -0.15) is 0 Å². The minimum atomic E-state index is 0.164. The van der Waals surface area contributed by atoms with Gasteiger partial charge in [0.05, 0.1) is 0 Å². The van der Waals surface area contributed by atoms with Crippen molar-refractivity contribution in [1.82, 2.24) is 10.2 Å². The average Bonchev–Trinajstić information content (AvgIpc) is 3.12. The Bertz CT molecular complexity index is 300. The van der Waals surface area contributed by atoms with E-state index in [9.17, 15) is 9.59 Å². The molecule has 1 heterocycles. The smallest absolute Gasteiger partial charge is 0.221 e. The number of nitrogens with zero attached hydrogens (tertiary/aromatic N) is 1. The van der Waals surface area contributed by atoms with Crippen LogP contribution in [0.5, 0.6) is 0 Å². The first-order valence-electron chi connectivity index (χ1n) is 6.73. The molecule has 0 spiro atoms. The molecule has 0 bridgehead atoms. The number of amides is 1. The maximum absolute atomic E-state index is 11.6. The van der Waals surface area contributed by atoms with Gasteiger partial charge < -0.3 is 10.2 Å². The van der Waals surface area contributed by atoms with Crippen LogP contribution in [0.25, 0.3) is 0 Å². The zero-order valence-electron chi connectivity index (χ0n) is 10.6. The number of ketones is 1. The van der Waals surface area contributed by atoms with Gasteiger partial charge in [-0.05, 0) is 19.3 Å². The first-order valence-corrected chi connectivity index (χ1v) is 6.73. The lowest BCUT2D eigenvalue weighted by Gasteiger charge is -2.31. The number of Topliss-reactive ketones (excluding diaryl/α,β-unsaturated/α-hetero) is 1. The van der Waals surface area contributed by atoms with Crippen LogP contribution in [-0.4, -0.2) is 42.3 Å². The molecule has 96 valence electrons. The second-order valence-electron chi connectivity index (χ2n) is 5.21. The van der Waals surface area contributed by atoms with E-state index in [2.05, 4.69) is 17.1 Å². The molecule has 4 nitrogen and oxygen atoms in total. The molecule has 1 N–H and O–H groups in total. The summed E-state index contributed by atoms with van der Waals surface area (Å²) in [7, 11) is 0. The summed E-state index contributed by atoms with van der Waals surface area (Å²) in [5.74, 6) is 0.749. The minimum absolute atomic E-state index is 0.164.